The number of rotatable bonds is 5. The zero-order valence-electron chi connectivity index (χ0n) is 13.3. The first-order valence-corrected chi connectivity index (χ1v) is 10.5. The van der Waals surface area contributed by atoms with Gasteiger partial charge >= 0.3 is 0 Å². The van der Waals surface area contributed by atoms with Gasteiger partial charge in [-0.15, -0.1) is 0 Å². The SMILES string of the molecule is C[C@@H](C(=O)Nc1cccc(Br)c1)N(c1cc(Cl)ccc1Cl)S(C)(=O)=O. The molecule has 2 aromatic carbocycles. The van der Waals surface area contributed by atoms with Crippen molar-refractivity contribution < 1.29 is 13.2 Å². The lowest BCUT2D eigenvalue weighted by molar-refractivity contribution is -0.116. The summed E-state index contributed by atoms with van der Waals surface area (Å²) in [4.78, 5) is 12.6. The van der Waals surface area contributed by atoms with Crippen molar-refractivity contribution in [2.45, 2.75) is 13.0 Å². The first-order chi connectivity index (χ1) is 11.6. The molecule has 0 bridgehead atoms. The first kappa shape index (κ1) is 20.0. The van der Waals surface area contributed by atoms with Gasteiger partial charge in [0, 0.05) is 15.2 Å². The largest absolute Gasteiger partial charge is 0.324 e. The van der Waals surface area contributed by atoms with E-state index in [2.05, 4.69) is 21.2 Å². The minimum Gasteiger partial charge on any atom is -0.324 e. The van der Waals surface area contributed by atoms with Crippen LogP contribution in [-0.4, -0.2) is 26.6 Å². The van der Waals surface area contributed by atoms with Crippen molar-refractivity contribution >= 4 is 66.4 Å². The molecule has 0 aliphatic carbocycles. The molecular formula is C16H15BrCl2N2O3S. The summed E-state index contributed by atoms with van der Waals surface area (Å²) in [7, 11) is -3.78. The summed E-state index contributed by atoms with van der Waals surface area (Å²) in [6, 6.07) is 10.4. The molecule has 0 aromatic heterocycles. The van der Waals surface area contributed by atoms with Gasteiger partial charge in [-0.2, -0.15) is 0 Å². The highest BCUT2D eigenvalue weighted by atomic mass is 79.9. The highest BCUT2D eigenvalue weighted by molar-refractivity contribution is 9.10. The Labute approximate surface area is 165 Å². The molecule has 0 aliphatic heterocycles. The Morgan fingerprint density at radius 2 is 1.88 bits per heavy atom. The van der Waals surface area contributed by atoms with Crippen LogP contribution < -0.4 is 9.62 Å². The molecule has 9 heteroatoms. The van der Waals surface area contributed by atoms with E-state index in [9.17, 15) is 13.2 Å². The van der Waals surface area contributed by atoms with Gasteiger partial charge < -0.3 is 5.32 Å². The maximum atomic E-state index is 12.6. The van der Waals surface area contributed by atoms with Gasteiger partial charge in [-0.05, 0) is 43.3 Å². The van der Waals surface area contributed by atoms with Crippen molar-refractivity contribution in [2.75, 3.05) is 15.9 Å². The van der Waals surface area contributed by atoms with Gasteiger partial charge in [0.25, 0.3) is 0 Å². The Morgan fingerprint density at radius 1 is 1.20 bits per heavy atom. The highest BCUT2D eigenvalue weighted by Crippen LogP contribution is 2.32. The molecule has 2 rings (SSSR count). The number of carbonyl (C=O) groups is 1. The van der Waals surface area contributed by atoms with Crippen LogP contribution in [0.2, 0.25) is 10.0 Å². The Bertz CT molecular complexity index is 906. The third-order valence-corrected chi connectivity index (χ3v) is 5.60. The summed E-state index contributed by atoms with van der Waals surface area (Å²) in [6.07, 6.45) is 1.01. The van der Waals surface area contributed by atoms with Crippen LogP contribution in [0, 0.1) is 0 Å². The molecular weight excluding hydrogens is 451 g/mol. The fraction of sp³-hybridized carbons (Fsp3) is 0.188. The van der Waals surface area contributed by atoms with E-state index in [1.54, 1.807) is 24.3 Å². The van der Waals surface area contributed by atoms with Gasteiger partial charge in [-0.1, -0.05) is 45.2 Å². The van der Waals surface area contributed by atoms with Crippen LogP contribution in [0.4, 0.5) is 11.4 Å². The van der Waals surface area contributed by atoms with Crippen molar-refractivity contribution in [3.8, 4) is 0 Å². The normalized spacial score (nSPS) is 12.5. The van der Waals surface area contributed by atoms with Gasteiger partial charge in [-0.3, -0.25) is 9.10 Å². The van der Waals surface area contributed by atoms with Gasteiger partial charge in [0.05, 0.1) is 17.0 Å². The molecule has 0 heterocycles. The lowest BCUT2D eigenvalue weighted by Gasteiger charge is -2.29. The minimum absolute atomic E-state index is 0.147. The molecule has 0 saturated carbocycles. The number of anilines is 2. The number of hydrogen-bond acceptors (Lipinski definition) is 3. The molecule has 0 aliphatic rings. The maximum Gasteiger partial charge on any atom is 0.247 e. The number of nitrogens with one attached hydrogen (secondary N) is 1. The molecule has 2 aromatic rings. The van der Waals surface area contributed by atoms with E-state index in [0.717, 1.165) is 15.0 Å². The van der Waals surface area contributed by atoms with Crippen LogP contribution in [0.1, 0.15) is 6.92 Å². The molecule has 25 heavy (non-hydrogen) atoms. The third-order valence-electron chi connectivity index (χ3n) is 3.33. The van der Waals surface area contributed by atoms with Crippen LogP contribution >= 0.6 is 39.1 Å². The number of hydrogen-bond donors (Lipinski definition) is 1. The molecule has 0 radical (unpaired) electrons. The topological polar surface area (TPSA) is 66.5 Å². The molecule has 0 saturated heterocycles. The van der Waals surface area contributed by atoms with E-state index in [1.807, 2.05) is 6.07 Å². The van der Waals surface area contributed by atoms with E-state index < -0.39 is 22.0 Å². The zero-order chi connectivity index (χ0) is 18.8. The summed E-state index contributed by atoms with van der Waals surface area (Å²) in [5.74, 6) is -0.500. The quantitative estimate of drug-likeness (QED) is 0.704. The van der Waals surface area contributed by atoms with Gasteiger partial charge in [-0.25, -0.2) is 8.42 Å². The number of nitrogens with zero attached hydrogens (tertiary/aromatic N) is 1. The molecule has 0 unspecified atom stereocenters. The average Bonchev–Trinajstić information content (AvgIpc) is 2.49. The lowest BCUT2D eigenvalue weighted by atomic mass is 10.2. The molecule has 5 nitrogen and oxygen atoms in total. The number of carbonyl (C=O) groups excluding carboxylic acids is 1. The Morgan fingerprint density at radius 3 is 2.48 bits per heavy atom. The summed E-state index contributed by atoms with van der Waals surface area (Å²) >= 11 is 15.4. The maximum absolute atomic E-state index is 12.6. The average molecular weight is 466 g/mol. The summed E-state index contributed by atoms with van der Waals surface area (Å²) in [5, 5.41) is 3.18. The predicted molar refractivity (Wildman–Crippen MR) is 106 cm³/mol. The summed E-state index contributed by atoms with van der Waals surface area (Å²) in [6.45, 7) is 1.48. The second kappa shape index (κ2) is 7.95. The van der Waals surface area contributed by atoms with Crippen LogP contribution in [0.15, 0.2) is 46.9 Å². The number of benzene rings is 2. The second-order valence-corrected chi connectivity index (χ2v) is 8.95. The molecule has 1 amide bonds. The van der Waals surface area contributed by atoms with Crippen molar-refractivity contribution in [1.82, 2.24) is 0 Å². The second-order valence-electron chi connectivity index (χ2n) is 5.33. The van der Waals surface area contributed by atoms with Crippen LogP contribution in [-0.2, 0) is 14.8 Å². The Balaban J connectivity index is 2.38. The van der Waals surface area contributed by atoms with Crippen molar-refractivity contribution in [1.29, 1.82) is 0 Å². The van der Waals surface area contributed by atoms with E-state index in [-0.39, 0.29) is 10.7 Å². The Kier molecular flexibility index (Phi) is 6.37. The van der Waals surface area contributed by atoms with Crippen LogP contribution in [0.25, 0.3) is 0 Å². The molecule has 1 N–H and O–H groups in total. The van der Waals surface area contributed by atoms with Gasteiger partial charge in [0.15, 0.2) is 0 Å². The van der Waals surface area contributed by atoms with Crippen molar-refractivity contribution in [3.05, 3.63) is 57.0 Å². The Hall–Kier alpha value is -1.28. The van der Waals surface area contributed by atoms with E-state index in [4.69, 9.17) is 23.2 Å². The molecule has 0 fully saturated rings. The predicted octanol–water partition coefficient (Wildman–Crippen LogP) is 4.55. The smallest absolute Gasteiger partial charge is 0.247 e. The fourth-order valence-corrected chi connectivity index (χ4v) is 4.25. The molecule has 134 valence electrons. The highest BCUT2D eigenvalue weighted by Gasteiger charge is 2.30. The van der Waals surface area contributed by atoms with Crippen LogP contribution in [0.3, 0.4) is 0 Å². The molecule has 1 atom stereocenters. The number of halogens is 3. The zero-order valence-corrected chi connectivity index (χ0v) is 17.2. The minimum atomic E-state index is -3.78. The first-order valence-electron chi connectivity index (χ1n) is 7.10. The number of amides is 1. The fourth-order valence-electron chi connectivity index (χ4n) is 2.25. The van der Waals surface area contributed by atoms with E-state index in [0.29, 0.717) is 10.7 Å². The summed E-state index contributed by atoms with van der Waals surface area (Å²) < 4.78 is 26.3. The standard InChI is InChI=1S/C16H15BrCl2N2O3S/c1-10(16(22)20-13-5-3-4-11(17)8-13)21(25(2,23)24)15-9-12(18)6-7-14(15)19/h3-10H,1-2H3,(H,20,22)/t10-/m0/s1. The van der Waals surface area contributed by atoms with Gasteiger partial charge in [0.1, 0.15) is 6.04 Å². The van der Waals surface area contributed by atoms with Crippen molar-refractivity contribution in [3.63, 3.8) is 0 Å². The summed E-state index contributed by atoms with van der Waals surface area (Å²) in [5.41, 5.74) is 0.686. The number of sulfonamides is 1. The van der Waals surface area contributed by atoms with E-state index in [1.165, 1.54) is 19.1 Å². The third kappa shape index (κ3) is 5.10. The van der Waals surface area contributed by atoms with Crippen molar-refractivity contribution in [2.24, 2.45) is 0 Å². The lowest BCUT2D eigenvalue weighted by Crippen LogP contribution is -2.45. The monoisotopic (exact) mass is 464 g/mol. The van der Waals surface area contributed by atoms with Gasteiger partial charge in [0.2, 0.25) is 15.9 Å². The molecule has 0 spiro atoms. The van der Waals surface area contributed by atoms with E-state index >= 15 is 0 Å². The van der Waals surface area contributed by atoms with Crippen LogP contribution in [0.5, 0.6) is 0 Å².